The van der Waals surface area contributed by atoms with Crippen LogP contribution in [0.25, 0.3) is 0 Å². The smallest absolute Gasteiger partial charge is 0.136 e. The Morgan fingerprint density at radius 1 is 0.667 bits per heavy atom. The summed E-state index contributed by atoms with van der Waals surface area (Å²) in [6.45, 7) is 9.11. The van der Waals surface area contributed by atoms with Gasteiger partial charge in [-0.2, -0.15) is 0 Å². The molecule has 24 heavy (non-hydrogen) atoms. The number of hydrogen-bond acceptors (Lipinski definition) is 2. The molecule has 0 bridgehead atoms. The molecule has 2 nitrogen and oxygen atoms in total. The fraction of sp³-hybridized carbons (Fsp3) is 0.667. The van der Waals surface area contributed by atoms with Crippen molar-refractivity contribution in [2.45, 2.75) is 39.2 Å². The van der Waals surface area contributed by atoms with Gasteiger partial charge in [0.25, 0.3) is 0 Å². The summed E-state index contributed by atoms with van der Waals surface area (Å²) in [5.41, 5.74) is 2.59. The molecule has 0 aliphatic rings. The van der Waals surface area contributed by atoms with Crippen LogP contribution in [0.4, 0.5) is 0 Å². The summed E-state index contributed by atoms with van der Waals surface area (Å²) in [5, 5.41) is 0. The molecule has 0 radical (unpaired) electrons. The van der Waals surface area contributed by atoms with Gasteiger partial charge in [-0.05, 0) is 61.6 Å². The zero-order valence-corrected chi connectivity index (χ0v) is 20.6. The second kappa shape index (κ2) is 14.6. The van der Waals surface area contributed by atoms with E-state index in [9.17, 15) is 0 Å². The van der Waals surface area contributed by atoms with Crippen LogP contribution in [0.1, 0.15) is 38.8 Å². The van der Waals surface area contributed by atoms with Crippen molar-refractivity contribution in [2.24, 2.45) is 0 Å². The van der Waals surface area contributed by atoms with Crippen molar-refractivity contribution >= 4 is 21.8 Å². The van der Waals surface area contributed by atoms with Crippen molar-refractivity contribution < 1.29 is 43.4 Å². The molecule has 0 N–H and O–H groups in total. The lowest BCUT2D eigenvalue weighted by atomic mass is 10.1. The van der Waals surface area contributed by atoms with Crippen LogP contribution in [0.15, 0.2) is 12.1 Å². The molecule has 142 valence electrons. The number of ether oxygens (including phenoxy) is 2. The molecule has 1 rings (SSSR count). The number of methoxy groups -OCH3 is 2. The molecule has 0 saturated carbocycles. The Bertz CT molecular complexity index is 409. The average molecular weight is 504 g/mol. The van der Waals surface area contributed by atoms with Crippen LogP contribution in [-0.4, -0.2) is 37.2 Å². The largest absolute Gasteiger partial charge is 1.00 e. The minimum atomic E-state index is 0. The molecule has 1 aromatic carbocycles. The monoisotopic (exact) mass is 502 g/mol. The minimum Gasteiger partial charge on any atom is -1.00 e. The fourth-order valence-electron chi connectivity index (χ4n) is 2.51. The first kappa shape index (κ1) is 26.7. The van der Waals surface area contributed by atoms with Gasteiger partial charge in [-0.1, -0.05) is 0 Å². The highest BCUT2D eigenvalue weighted by Gasteiger charge is 2.22. The lowest BCUT2D eigenvalue weighted by Crippen LogP contribution is -3.00. The van der Waals surface area contributed by atoms with Gasteiger partial charge in [0.1, 0.15) is 46.0 Å². The number of rotatable bonds is 10. The van der Waals surface area contributed by atoms with Gasteiger partial charge in [0.05, 0.1) is 14.2 Å². The van der Waals surface area contributed by atoms with Gasteiger partial charge >= 0.3 is 0 Å². The van der Waals surface area contributed by atoms with Gasteiger partial charge in [0, 0.05) is 11.1 Å². The maximum absolute atomic E-state index is 5.68. The standard InChI is InChI=1S/C18H32O2S2.2BrH/c1-7-21(8-2)13-15-11-18(20-6)16(12-17(15)19-5)14-22(9-3)10-4;;/h11-12H,7-10,13-14H2,1-6H3;2*1H/q+2;;/p-2. The van der Waals surface area contributed by atoms with Crippen molar-refractivity contribution in [1.82, 2.24) is 0 Å². The first-order valence-electron chi connectivity index (χ1n) is 8.15. The Hall–Kier alpha value is 0.480. The molecule has 6 heteroatoms. The Kier molecular flexibility index (Phi) is 16.3. The van der Waals surface area contributed by atoms with E-state index in [0.29, 0.717) is 21.8 Å². The highest BCUT2D eigenvalue weighted by Crippen LogP contribution is 2.32. The molecule has 0 spiro atoms. The predicted molar refractivity (Wildman–Crippen MR) is 104 cm³/mol. The molecule has 0 saturated heterocycles. The van der Waals surface area contributed by atoms with Crippen LogP contribution in [0.5, 0.6) is 11.5 Å². The quantitative estimate of drug-likeness (QED) is 0.345. The summed E-state index contributed by atoms with van der Waals surface area (Å²) in [6.07, 6.45) is 0. The Morgan fingerprint density at radius 3 is 1.17 bits per heavy atom. The minimum absolute atomic E-state index is 0. The van der Waals surface area contributed by atoms with Gasteiger partial charge in [-0.25, -0.2) is 0 Å². The van der Waals surface area contributed by atoms with Gasteiger partial charge in [0.15, 0.2) is 0 Å². The first-order valence-corrected chi connectivity index (χ1v) is 11.6. The molecular formula is C18H32Br2O2S2. The van der Waals surface area contributed by atoms with Crippen molar-refractivity contribution in [3.05, 3.63) is 23.3 Å². The molecular weight excluding hydrogens is 472 g/mol. The Morgan fingerprint density at radius 2 is 0.958 bits per heavy atom. The SMILES string of the molecule is CC[S+](CC)Cc1cc(OC)c(C[S+](CC)CC)cc1OC.[Br-].[Br-]. The van der Waals surface area contributed by atoms with Crippen LogP contribution in [-0.2, 0) is 33.3 Å². The molecule has 0 amide bonds. The van der Waals surface area contributed by atoms with E-state index in [-0.39, 0.29) is 34.0 Å². The first-order chi connectivity index (χ1) is 10.6. The van der Waals surface area contributed by atoms with E-state index in [1.807, 2.05) is 0 Å². The van der Waals surface area contributed by atoms with E-state index in [2.05, 4.69) is 39.8 Å². The Labute approximate surface area is 175 Å². The van der Waals surface area contributed by atoms with E-state index in [4.69, 9.17) is 9.47 Å². The van der Waals surface area contributed by atoms with Crippen LogP contribution < -0.4 is 43.4 Å². The van der Waals surface area contributed by atoms with E-state index in [1.165, 1.54) is 34.1 Å². The summed E-state index contributed by atoms with van der Waals surface area (Å²) in [5.74, 6) is 9.20. The van der Waals surface area contributed by atoms with Gasteiger partial charge < -0.3 is 43.4 Å². The van der Waals surface area contributed by atoms with E-state index in [0.717, 1.165) is 23.0 Å². The Balaban J connectivity index is 0. The lowest BCUT2D eigenvalue weighted by Gasteiger charge is -2.15. The zero-order chi connectivity index (χ0) is 16.5. The van der Waals surface area contributed by atoms with Gasteiger partial charge in [-0.15, -0.1) is 0 Å². The summed E-state index contributed by atoms with van der Waals surface area (Å²) >= 11 is 0. The fourth-order valence-corrected chi connectivity index (χ4v) is 5.47. The van der Waals surface area contributed by atoms with Crippen molar-refractivity contribution in [2.75, 3.05) is 37.2 Å². The molecule has 0 atom stereocenters. The van der Waals surface area contributed by atoms with Crippen LogP contribution in [0.2, 0.25) is 0 Å². The topological polar surface area (TPSA) is 18.5 Å². The lowest BCUT2D eigenvalue weighted by molar-refractivity contribution is -0.001000. The molecule has 0 aliphatic carbocycles. The normalized spacial score (nSPS) is 10.3. The molecule has 0 aliphatic heterocycles. The highest BCUT2D eigenvalue weighted by molar-refractivity contribution is 7.96. The van der Waals surface area contributed by atoms with E-state index in [1.54, 1.807) is 14.2 Å². The van der Waals surface area contributed by atoms with Crippen molar-refractivity contribution in [3.8, 4) is 11.5 Å². The molecule has 1 aromatic rings. The van der Waals surface area contributed by atoms with Crippen molar-refractivity contribution in [3.63, 3.8) is 0 Å². The second-order valence-corrected chi connectivity index (χ2v) is 10.5. The summed E-state index contributed by atoms with van der Waals surface area (Å²) < 4.78 is 11.4. The van der Waals surface area contributed by atoms with Crippen LogP contribution in [0.3, 0.4) is 0 Å². The summed E-state index contributed by atoms with van der Waals surface area (Å²) in [4.78, 5) is 0. The number of benzene rings is 1. The van der Waals surface area contributed by atoms with Gasteiger partial charge in [0.2, 0.25) is 0 Å². The van der Waals surface area contributed by atoms with E-state index >= 15 is 0 Å². The number of halogens is 2. The molecule has 0 aromatic heterocycles. The highest BCUT2D eigenvalue weighted by atomic mass is 79.9. The van der Waals surface area contributed by atoms with Gasteiger partial charge in [-0.3, -0.25) is 0 Å². The van der Waals surface area contributed by atoms with Crippen LogP contribution in [0, 0.1) is 0 Å². The summed E-state index contributed by atoms with van der Waals surface area (Å²) in [7, 11) is 4.43. The average Bonchev–Trinajstić information content (AvgIpc) is 2.57. The third kappa shape index (κ3) is 7.79. The predicted octanol–water partition coefficient (Wildman–Crippen LogP) is -1.97. The number of hydrogen-bond donors (Lipinski definition) is 0. The van der Waals surface area contributed by atoms with Crippen LogP contribution >= 0.6 is 0 Å². The zero-order valence-electron chi connectivity index (χ0n) is 15.8. The molecule has 0 unspecified atom stereocenters. The maximum atomic E-state index is 5.68. The molecule has 0 heterocycles. The maximum Gasteiger partial charge on any atom is 0.136 e. The molecule has 0 fully saturated rings. The summed E-state index contributed by atoms with van der Waals surface area (Å²) in [6, 6.07) is 4.43. The second-order valence-electron chi connectivity index (χ2n) is 5.14. The van der Waals surface area contributed by atoms with E-state index < -0.39 is 0 Å². The third-order valence-electron chi connectivity index (χ3n) is 4.04. The van der Waals surface area contributed by atoms with Crippen molar-refractivity contribution in [1.29, 1.82) is 0 Å². The third-order valence-corrected chi connectivity index (χ3v) is 8.74.